The second kappa shape index (κ2) is 11.2. The van der Waals surface area contributed by atoms with Gasteiger partial charge in [-0.25, -0.2) is 17.7 Å². The average Bonchev–Trinajstić information content (AvgIpc) is 2.88. The highest BCUT2D eigenvalue weighted by molar-refractivity contribution is 7.99. The number of carbonyl (C=O) groups excluding carboxylic acids is 1. The van der Waals surface area contributed by atoms with Gasteiger partial charge in [0.2, 0.25) is 5.43 Å². The lowest BCUT2D eigenvalue weighted by atomic mass is 9.99. The number of rotatable bonds is 8. The number of amides is 1. The molecule has 0 saturated carbocycles. The summed E-state index contributed by atoms with van der Waals surface area (Å²) in [6, 6.07) is 12.1. The van der Waals surface area contributed by atoms with E-state index < -0.39 is 27.5 Å². The number of nitriles is 1. The molecule has 10 heteroatoms. The fourth-order valence-corrected chi connectivity index (χ4v) is 5.01. The van der Waals surface area contributed by atoms with Crippen LogP contribution in [0.4, 0.5) is 8.78 Å². The molecule has 0 aliphatic rings. The fraction of sp³-hybridized carbons (Fsp3) is 0.231. The molecular weight excluding hydrogens is 486 g/mol. The summed E-state index contributed by atoms with van der Waals surface area (Å²) in [5.74, 6) is -0.602. The van der Waals surface area contributed by atoms with E-state index in [4.69, 9.17) is 5.26 Å². The number of pyridine rings is 1. The second-order valence-electron chi connectivity index (χ2n) is 7.92. The molecule has 0 bridgehead atoms. The molecular formula is C26H26F2N4O3S. The van der Waals surface area contributed by atoms with Crippen molar-refractivity contribution in [3.05, 3.63) is 87.3 Å². The van der Waals surface area contributed by atoms with Crippen molar-refractivity contribution in [2.75, 3.05) is 0 Å². The van der Waals surface area contributed by atoms with Crippen LogP contribution >= 0.6 is 0 Å². The van der Waals surface area contributed by atoms with Gasteiger partial charge in [-0.15, -0.1) is 0 Å². The zero-order chi connectivity index (χ0) is 26.5. The largest absolute Gasteiger partial charge is 0.350 e. The molecule has 1 unspecified atom stereocenters. The Bertz CT molecular complexity index is 1500. The Labute approximate surface area is 208 Å². The van der Waals surface area contributed by atoms with E-state index in [2.05, 4.69) is 10.0 Å². The molecule has 2 N–H and O–H groups in total. The SMILES string of the molecule is CC=S(=O)(NC#N)c1ccc(CNC(=O)c2cn(CC)c(C)c(-c3cccc(C(F)F)c3)c2=O)cc1. The third kappa shape index (κ3) is 5.47. The second-order valence-corrected chi connectivity index (χ2v) is 10.3. The summed E-state index contributed by atoms with van der Waals surface area (Å²) in [7, 11) is -2.82. The zero-order valence-electron chi connectivity index (χ0n) is 20.0. The van der Waals surface area contributed by atoms with Crippen LogP contribution in [-0.2, 0) is 22.8 Å². The first kappa shape index (κ1) is 26.6. The molecule has 3 rings (SSSR count). The minimum absolute atomic E-state index is 0.0947. The molecule has 0 radical (unpaired) electrons. The molecule has 7 nitrogen and oxygen atoms in total. The third-order valence-electron chi connectivity index (χ3n) is 5.82. The zero-order valence-corrected chi connectivity index (χ0v) is 20.9. The molecule has 36 heavy (non-hydrogen) atoms. The topological polar surface area (TPSA) is 104 Å². The molecule has 0 aliphatic carbocycles. The van der Waals surface area contributed by atoms with E-state index in [9.17, 15) is 22.6 Å². The first-order valence-electron chi connectivity index (χ1n) is 11.1. The first-order chi connectivity index (χ1) is 17.1. The van der Waals surface area contributed by atoms with Crippen molar-refractivity contribution < 1.29 is 17.8 Å². The summed E-state index contributed by atoms with van der Waals surface area (Å²) in [6.45, 7) is 5.72. The van der Waals surface area contributed by atoms with E-state index in [0.29, 0.717) is 28.3 Å². The summed E-state index contributed by atoms with van der Waals surface area (Å²) in [6.07, 6.45) is 0.476. The molecule has 3 aromatic rings. The molecule has 0 spiro atoms. The van der Waals surface area contributed by atoms with Crippen LogP contribution in [0.1, 0.15) is 47.5 Å². The van der Waals surface area contributed by atoms with Crippen molar-refractivity contribution in [1.82, 2.24) is 14.6 Å². The number of hydrogen-bond acceptors (Lipinski definition) is 4. The van der Waals surface area contributed by atoms with Crippen molar-refractivity contribution in [3.63, 3.8) is 0 Å². The van der Waals surface area contributed by atoms with Gasteiger partial charge >= 0.3 is 0 Å². The van der Waals surface area contributed by atoms with Crippen LogP contribution in [0.3, 0.4) is 0 Å². The van der Waals surface area contributed by atoms with Crippen LogP contribution in [0.5, 0.6) is 0 Å². The molecule has 0 aliphatic heterocycles. The highest BCUT2D eigenvalue weighted by atomic mass is 32.2. The lowest BCUT2D eigenvalue weighted by molar-refractivity contribution is 0.0949. The third-order valence-corrected chi connectivity index (χ3v) is 7.85. The Balaban J connectivity index is 1.91. The number of nitrogens with zero attached hydrogens (tertiary/aromatic N) is 2. The van der Waals surface area contributed by atoms with Gasteiger partial charge in [0.25, 0.3) is 12.3 Å². The Kier molecular flexibility index (Phi) is 8.27. The van der Waals surface area contributed by atoms with Crippen LogP contribution < -0.4 is 15.5 Å². The Morgan fingerprint density at radius 2 is 1.92 bits per heavy atom. The van der Waals surface area contributed by atoms with Crippen LogP contribution in [0.2, 0.25) is 0 Å². The lowest BCUT2D eigenvalue weighted by Crippen LogP contribution is -2.31. The maximum atomic E-state index is 13.3. The van der Waals surface area contributed by atoms with Crippen molar-refractivity contribution in [1.29, 1.82) is 5.26 Å². The summed E-state index contributed by atoms with van der Waals surface area (Å²) in [5.41, 5.74) is 0.938. The van der Waals surface area contributed by atoms with Gasteiger partial charge in [-0.2, -0.15) is 5.26 Å². The Hall–Kier alpha value is -3.97. The highest BCUT2D eigenvalue weighted by Gasteiger charge is 2.20. The molecule has 2 aromatic carbocycles. The first-order valence-corrected chi connectivity index (χ1v) is 12.8. The molecule has 1 atom stereocenters. The van der Waals surface area contributed by atoms with Crippen LogP contribution in [0.15, 0.2) is 64.4 Å². The van der Waals surface area contributed by atoms with E-state index in [-0.39, 0.29) is 23.2 Å². The minimum atomic E-state index is -2.82. The van der Waals surface area contributed by atoms with Crippen LogP contribution in [-0.4, -0.2) is 20.1 Å². The van der Waals surface area contributed by atoms with E-state index in [1.807, 2.05) is 6.92 Å². The molecule has 1 aromatic heterocycles. The van der Waals surface area contributed by atoms with E-state index in [0.717, 1.165) is 0 Å². The minimum Gasteiger partial charge on any atom is -0.350 e. The standard InChI is InChI=1S/C26H26F2N4O3S/c1-4-32-15-22(24(33)23(17(32)3)19-7-6-8-20(13-19)25(27)28)26(34)30-14-18-9-11-21(12-10-18)36(35,5-2)31-16-29/h5-13,15,25H,4,14H2,1-3H3,(H,30,34)(H,31,35). The van der Waals surface area contributed by atoms with Gasteiger partial charge in [0.1, 0.15) is 5.56 Å². The average molecular weight is 513 g/mol. The number of benzene rings is 2. The normalized spacial score (nSPS) is 12.5. The van der Waals surface area contributed by atoms with Gasteiger partial charge < -0.3 is 9.88 Å². The Morgan fingerprint density at radius 3 is 2.50 bits per heavy atom. The fourth-order valence-electron chi connectivity index (χ4n) is 3.82. The lowest BCUT2D eigenvalue weighted by Gasteiger charge is -2.16. The van der Waals surface area contributed by atoms with Gasteiger partial charge in [0, 0.05) is 36.1 Å². The molecule has 0 saturated heterocycles. The maximum absolute atomic E-state index is 13.3. The summed E-state index contributed by atoms with van der Waals surface area (Å²) in [5, 5.41) is 13.0. The van der Waals surface area contributed by atoms with Gasteiger partial charge in [-0.1, -0.05) is 30.3 Å². The number of halogens is 2. The van der Waals surface area contributed by atoms with E-state index in [1.165, 1.54) is 29.8 Å². The predicted molar refractivity (Wildman–Crippen MR) is 136 cm³/mol. The number of hydrogen-bond donors (Lipinski definition) is 2. The van der Waals surface area contributed by atoms with Crippen molar-refractivity contribution in [3.8, 4) is 17.3 Å². The summed E-state index contributed by atoms with van der Waals surface area (Å²) >= 11 is 0. The quantitative estimate of drug-likeness (QED) is 0.269. The van der Waals surface area contributed by atoms with Gasteiger partial charge in [0.15, 0.2) is 6.19 Å². The van der Waals surface area contributed by atoms with Crippen molar-refractivity contribution >= 4 is 21.0 Å². The number of alkyl halides is 2. The molecule has 188 valence electrons. The summed E-state index contributed by atoms with van der Waals surface area (Å²) in [4.78, 5) is 26.7. The highest BCUT2D eigenvalue weighted by Crippen LogP contribution is 2.26. The van der Waals surface area contributed by atoms with Gasteiger partial charge in [-0.05, 0) is 55.5 Å². The monoisotopic (exact) mass is 512 g/mol. The van der Waals surface area contributed by atoms with Crippen LogP contribution in [0.25, 0.3) is 11.1 Å². The number of aromatic nitrogens is 1. The van der Waals surface area contributed by atoms with Gasteiger partial charge in [0.05, 0.1) is 14.6 Å². The number of nitrogens with one attached hydrogen (secondary N) is 2. The summed E-state index contributed by atoms with van der Waals surface area (Å²) < 4.78 is 43.2. The van der Waals surface area contributed by atoms with Gasteiger partial charge in [-0.3, -0.25) is 9.59 Å². The molecule has 1 amide bonds. The maximum Gasteiger partial charge on any atom is 0.263 e. The molecule has 1 heterocycles. The van der Waals surface area contributed by atoms with E-state index in [1.54, 1.807) is 54.9 Å². The number of aryl methyl sites for hydroxylation is 1. The van der Waals surface area contributed by atoms with E-state index >= 15 is 0 Å². The smallest absolute Gasteiger partial charge is 0.263 e. The van der Waals surface area contributed by atoms with Crippen molar-refractivity contribution in [2.24, 2.45) is 0 Å². The Morgan fingerprint density at radius 1 is 1.22 bits per heavy atom. The molecule has 0 fully saturated rings. The number of carbonyl (C=O) groups is 1. The van der Waals surface area contributed by atoms with Crippen molar-refractivity contribution in [2.45, 2.75) is 45.2 Å². The predicted octanol–water partition coefficient (Wildman–Crippen LogP) is 4.16. The van der Waals surface area contributed by atoms with Crippen LogP contribution in [0, 0.1) is 18.4 Å².